The molecular formula is C12H21NO3. The molecule has 1 rings (SSSR count). The summed E-state index contributed by atoms with van der Waals surface area (Å²) in [6.07, 6.45) is 0. The van der Waals surface area contributed by atoms with Crippen LogP contribution in [0, 0.1) is 5.92 Å². The van der Waals surface area contributed by atoms with Gasteiger partial charge in [-0.3, -0.25) is 4.79 Å². The molecule has 1 atom stereocenters. The maximum absolute atomic E-state index is 11.8. The Morgan fingerprint density at radius 3 is 2.44 bits per heavy atom. The largest absolute Gasteiger partial charge is 0.478 e. The third-order valence-corrected chi connectivity index (χ3v) is 2.12. The zero-order valence-corrected chi connectivity index (χ0v) is 11.0. The topological polar surface area (TPSA) is 47.9 Å². The molecule has 0 amide bonds. The summed E-state index contributed by atoms with van der Waals surface area (Å²) in [7, 11) is 0. The van der Waals surface area contributed by atoms with Crippen LogP contribution in [0.25, 0.3) is 0 Å². The third kappa shape index (κ3) is 3.51. The molecule has 0 aliphatic carbocycles. The Kier molecular flexibility index (Phi) is 3.31. The van der Waals surface area contributed by atoms with E-state index in [1.54, 1.807) is 6.92 Å². The van der Waals surface area contributed by atoms with E-state index in [4.69, 9.17) is 9.47 Å². The summed E-state index contributed by atoms with van der Waals surface area (Å²) in [5, 5.41) is 0. The highest BCUT2D eigenvalue weighted by atomic mass is 16.6. The fourth-order valence-electron chi connectivity index (χ4n) is 1.33. The molecule has 0 aromatic rings. The van der Waals surface area contributed by atoms with Crippen LogP contribution in [0.4, 0.5) is 0 Å². The van der Waals surface area contributed by atoms with Crippen molar-refractivity contribution in [2.24, 2.45) is 10.9 Å². The lowest BCUT2D eigenvalue weighted by Crippen LogP contribution is -2.31. The van der Waals surface area contributed by atoms with E-state index in [9.17, 15) is 4.79 Å². The quantitative estimate of drug-likeness (QED) is 0.679. The molecule has 0 spiro atoms. The zero-order chi connectivity index (χ0) is 12.6. The van der Waals surface area contributed by atoms with Gasteiger partial charge >= 0.3 is 5.97 Å². The second kappa shape index (κ2) is 4.07. The number of aliphatic imine (C=N–C) groups is 1. The molecule has 0 saturated heterocycles. The number of carbonyl (C=O) groups is 1. The van der Waals surface area contributed by atoms with E-state index in [1.165, 1.54) is 0 Å². The van der Waals surface area contributed by atoms with E-state index < -0.39 is 11.5 Å². The van der Waals surface area contributed by atoms with Crippen LogP contribution in [0.1, 0.15) is 41.5 Å². The van der Waals surface area contributed by atoms with Gasteiger partial charge in [0.25, 0.3) is 0 Å². The van der Waals surface area contributed by atoms with Gasteiger partial charge < -0.3 is 9.47 Å². The molecule has 1 unspecified atom stereocenters. The van der Waals surface area contributed by atoms with E-state index in [0.717, 1.165) is 0 Å². The van der Waals surface area contributed by atoms with Gasteiger partial charge in [-0.15, -0.1) is 0 Å². The molecule has 0 saturated carbocycles. The van der Waals surface area contributed by atoms with Crippen LogP contribution in [0.5, 0.6) is 0 Å². The van der Waals surface area contributed by atoms with Gasteiger partial charge in [0.15, 0.2) is 5.90 Å². The molecule has 0 radical (unpaired) electrons. The van der Waals surface area contributed by atoms with Crippen LogP contribution in [-0.4, -0.2) is 29.6 Å². The zero-order valence-electron chi connectivity index (χ0n) is 11.0. The molecule has 0 aromatic carbocycles. The molecule has 4 nitrogen and oxygen atoms in total. The van der Waals surface area contributed by atoms with Crippen molar-refractivity contribution < 1.29 is 14.3 Å². The first kappa shape index (κ1) is 13.0. The van der Waals surface area contributed by atoms with Gasteiger partial charge in [-0.05, 0) is 41.5 Å². The lowest BCUT2D eigenvalue weighted by molar-refractivity contribution is -0.157. The lowest BCUT2D eigenvalue weighted by atomic mass is 10.1. The van der Waals surface area contributed by atoms with Crippen molar-refractivity contribution in [3.8, 4) is 0 Å². The molecule has 0 aromatic heterocycles. The number of ether oxygens (including phenoxy) is 2. The molecule has 4 heteroatoms. The van der Waals surface area contributed by atoms with E-state index in [1.807, 2.05) is 34.6 Å². The summed E-state index contributed by atoms with van der Waals surface area (Å²) in [5.74, 6) is -0.232. The predicted molar refractivity (Wildman–Crippen MR) is 62.5 cm³/mol. The minimum absolute atomic E-state index is 0.231. The Labute approximate surface area is 97.0 Å². The first-order chi connectivity index (χ1) is 7.11. The molecular weight excluding hydrogens is 206 g/mol. The summed E-state index contributed by atoms with van der Waals surface area (Å²) in [5.41, 5.74) is -0.703. The molecule has 0 N–H and O–H groups in total. The van der Waals surface area contributed by atoms with E-state index >= 15 is 0 Å². The number of rotatable bonds is 2. The second-order valence-corrected chi connectivity index (χ2v) is 5.81. The number of hydrogen-bond donors (Lipinski definition) is 0. The standard InChI is InChI=1S/C12H21NO3/c1-8(10(14)16-11(2,3)4)9-13-12(5,6)7-15-9/h8H,7H2,1-6H3. The highest BCUT2D eigenvalue weighted by Crippen LogP contribution is 2.22. The smallest absolute Gasteiger partial charge is 0.318 e. The van der Waals surface area contributed by atoms with Crippen LogP contribution >= 0.6 is 0 Å². The van der Waals surface area contributed by atoms with Gasteiger partial charge in [0.1, 0.15) is 18.1 Å². The van der Waals surface area contributed by atoms with Crippen molar-refractivity contribution in [2.45, 2.75) is 52.7 Å². The van der Waals surface area contributed by atoms with Crippen molar-refractivity contribution in [1.82, 2.24) is 0 Å². The van der Waals surface area contributed by atoms with Gasteiger partial charge in [0.2, 0.25) is 0 Å². The Balaban J connectivity index is 2.66. The average Bonchev–Trinajstić information content (AvgIpc) is 2.41. The van der Waals surface area contributed by atoms with Crippen molar-refractivity contribution in [2.75, 3.05) is 6.61 Å². The fraction of sp³-hybridized carbons (Fsp3) is 0.833. The van der Waals surface area contributed by atoms with Crippen LogP contribution in [0.15, 0.2) is 4.99 Å². The molecule has 92 valence electrons. The molecule has 0 bridgehead atoms. The Hall–Kier alpha value is -1.06. The minimum Gasteiger partial charge on any atom is -0.478 e. The molecule has 16 heavy (non-hydrogen) atoms. The SMILES string of the molecule is CC(C(=O)OC(C)(C)C)C1=NC(C)(C)CO1. The van der Waals surface area contributed by atoms with Crippen LogP contribution < -0.4 is 0 Å². The van der Waals surface area contributed by atoms with Crippen molar-refractivity contribution in [1.29, 1.82) is 0 Å². The summed E-state index contributed by atoms with van der Waals surface area (Å²) < 4.78 is 10.7. The Bertz CT molecular complexity index is 313. The van der Waals surface area contributed by atoms with E-state index in [-0.39, 0.29) is 11.5 Å². The monoisotopic (exact) mass is 227 g/mol. The first-order valence-corrected chi connectivity index (χ1v) is 5.56. The normalized spacial score (nSPS) is 21.0. The van der Waals surface area contributed by atoms with Crippen LogP contribution in [0.3, 0.4) is 0 Å². The fourth-order valence-corrected chi connectivity index (χ4v) is 1.33. The van der Waals surface area contributed by atoms with Gasteiger partial charge in [-0.1, -0.05) is 0 Å². The van der Waals surface area contributed by atoms with Crippen LogP contribution in [-0.2, 0) is 14.3 Å². The second-order valence-electron chi connectivity index (χ2n) is 5.81. The van der Waals surface area contributed by atoms with Crippen molar-refractivity contribution >= 4 is 11.9 Å². The molecule has 1 aliphatic heterocycles. The maximum atomic E-state index is 11.8. The summed E-state index contributed by atoms with van der Waals surface area (Å²) in [6, 6.07) is 0. The van der Waals surface area contributed by atoms with E-state index in [0.29, 0.717) is 12.5 Å². The highest BCUT2D eigenvalue weighted by molar-refractivity contribution is 5.98. The number of esters is 1. The lowest BCUT2D eigenvalue weighted by Gasteiger charge is -2.21. The van der Waals surface area contributed by atoms with E-state index in [2.05, 4.69) is 4.99 Å². The Morgan fingerprint density at radius 2 is 2.06 bits per heavy atom. The number of nitrogens with zero attached hydrogens (tertiary/aromatic N) is 1. The van der Waals surface area contributed by atoms with Gasteiger partial charge in [-0.25, -0.2) is 4.99 Å². The van der Waals surface area contributed by atoms with Gasteiger partial charge in [-0.2, -0.15) is 0 Å². The summed E-state index contributed by atoms with van der Waals surface area (Å²) in [4.78, 5) is 16.1. The van der Waals surface area contributed by atoms with Gasteiger partial charge in [0, 0.05) is 0 Å². The highest BCUT2D eigenvalue weighted by Gasteiger charge is 2.34. The first-order valence-electron chi connectivity index (χ1n) is 5.56. The maximum Gasteiger partial charge on any atom is 0.318 e. The summed E-state index contributed by atoms with van der Waals surface area (Å²) >= 11 is 0. The third-order valence-electron chi connectivity index (χ3n) is 2.12. The predicted octanol–water partition coefficient (Wildman–Crippen LogP) is 2.17. The molecule has 1 aliphatic rings. The van der Waals surface area contributed by atoms with Crippen molar-refractivity contribution in [3.63, 3.8) is 0 Å². The molecule has 0 fully saturated rings. The summed E-state index contributed by atoms with van der Waals surface area (Å²) in [6.45, 7) is 11.8. The molecule has 1 heterocycles. The number of carbonyl (C=O) groups excluding carboxylic acids is 1. The van der Waals surface area contributed by atoms with Gasteiger partial charge in [0.05, 0.1) is 5.54 Å². The average molecular weight is 227 g/mol. The Morgan fingerprint density at radius 1 is 1.50 bits per heavy atom. The van der Waals surface area contributed by atoms with Crippen molar-refractivity contribution in [3.05, 3.63) is 0 Å². The van der Waals surface area contributed by atoms with Crippen LogP contribution in [0.2, 0.25) is 0 Å². The number of hydrogen-bond acceptors (Lipinski definition) is 4. The minimum atomic E-state index is -0.472.